The summed E-state index contributed by atoms with van der Waals surface area (Å²) in [5.74, 6) is 1.11. The molecule has 14 nitrogen and oxygen atoms in total. The third-order valence-electron chi connectivity index (χ3n) is 11.0. The van der Waals surface area contributed by atoms with E-state index in [-0.39, 0.29) is 15.5 Å². The summed E-state index contributed by atoms with van der Waals surface area (Å²) in [6, 6.07) is 34.9. The normalized spacial score (nSPS) is 12.4. The quantitative estimate of drug-likeness (QED) is 0.0555. The van der Waals surface area contributed by atoms with Crippen LogP contribution in [0.4, 0.5) is 0 Å². The van der Waals surface area contributed by atoms with Crippen LogP contribution >= 0.6 is 155 Å². The minimum Gasteiger partial charge on any atom is -0.283 e. The maximum atomic E-state index is 13.0. The summed E-state index contributed by atoms with van der Waals surface area (Å²) in [4.78, 5) is 4.19. The highest BCUT2D eigenvalue weighted by Gasteiger charge is 2.44. The number of benzene rings is 4. The largest absolute Gasteiger partial charge is 0.283 e. The first kappa shape index (κ1) is 64.6. The van der Waals surface area contributed by atoms with E-state index in [1.807, 2.05) is 91.0 Å². The van der Waals surface area contributed by atoms with Crippen LogP contribution in [0.5, 0.6) is 0 Å². The van der Waals surface area contributed by atoms with Crippen molar-refractivity contribution in [2.75, 3.05) is 0 Å². The Hall–Kier alpha value is -1.17. The van der Waals surface area contributed by atoms with E-state index in [0.29, 0.717) is 40.2 Å². The van der Waals surface area contributed by atoms with E-state index in [4.69, 9.17) is 11.6 Å². The molecule has 27 heteroatoms. The number of imidazole rings is 1. The minimum atomic E-state index is -3.85. The van der Waals surface area contributed by atoms with Crippen LogP contribution in [-0.2, 0) is 35.9 Å². The molecule has 0 unspecified atom stereocenters. The molecule has 0 amide bonds. The molecular weight excluding hydrogens is 1640 g/mol. The summed E-state index contributed by atoms with van der Waals surface area (Å²) in [6.45, 7) is 3.92. The van der Waals surface area contributed by atoms with E-state index >= 15 is 0 Å². The number of unbranched alkanes of at least 4 members (excludes halogenated alkanes) is 10. The maximum Gasteiger partial charge on any atom is 0.257 e. The maximum absolute atomic E-state index is 13.0. The second-order valence-electron chi connectivity index (χ2n) is 16.5. The first-order chi connectivity index (χ1) is 35.3. The third kappa shape index (κ3) is 17.2. The Labute approximate surface area is 519 Å². The summed E-state index contributed by atoms with van der Waals surface area (Å²) < 4.78 is 76.7. The first-order valence-corrected chi connectivity index (χ1v) is 35.0. The van der Waals surface area contributed by atoms with E-state index in [1.165, 1.54) is 62.4 Å². The number of aromatic nitrogens is 8. The van der Waals surface area contributed by atoms with Crippen molar-refractivity contribution in [3.05, 3.63) is 138 Å². The number of para-hydroxylation sites is 2. The van der Waals surface area contributed by atoms with Gasteiger partial charge < -0.3 is 0 Å². The molecule has 4 aromatic carbocycles. The van der Waals surface area contributed by atoms with E-state index < -0.39 is 33.9 Å². The van der Waals surface area contributed by atoms with Crippen molar-refractivity contribution >= 4 is 184 Å². The molecule has 0 aliphatic carbocycles. The summed E-state index contributed by atoms with van der Waals surface area (Å²) >= 11 is 33.5. The molecule has 7 aromatic rings. The van der Waals surface area contributed by atoms with Gasteiger partial charge in [0.25, 0.3) is 10.3 Å². The molecule has 406 valence electrons. The van der Waals surface area contributed by atoms with Gasteiger partial charge in [-0.3, -0.25) is 13.7 Å². The van der Waals surface area contributed by atoms with Crippen LogP contribution in [0.1, 0.15) is 89.2 Å². The number of aryl methyl sites for hydroxylation is 2. The highest BCUT2D eigenvalue weighted by Crippen LogP contribution is 2.46. The van der Waals surface area contributed by atoms with Gasteiger partial charge in [-0.05, 0) is 205 Å². The van der Waals surface area contributed by atoms with E-state index in [1.54, 1.807) is 46.5 Å². The van der Waals surface area contributed by atoms with Crippen LogP contribution in [0.3, 0.4) is 0 Å². The minimum absolute atomic E-state index is 0.0711. The zero-order valence-electron chi connectivity index (χ0n) is 40.1. The Morgan fingerprint density at radius 1 is 0.453 bits per heavy atom. The molecule has 0 saturated heterocycles. The predicted octanol–water partition coefficient (Wildman–Crippen LogP) is 16.6. The van der Waals surface area contributed by atoms with Crippen molar-refractivity contribution in [3.63, 3.8) is 0 Å². The molecule has 0 radical (unpaired) electrons. The molecular formula is C48H50Br9ClN8O6S3. The molecule has 0 spiro atoms. The molecule has 0 saturated carbocycles. The van der Waals surface area contributed by atoms with Gasteiger partial charge in [-0.15, -0.1) is 20.4 Å². The number of rotatable bonds is 19. The highest BCUT2D eigenvalue weighted by molar-refractivity contribution is 9.43. The summed E-state index contributed by atoms with van der Waals surface area (Å²) in [5.41, 5.74) is 3.62. The molecule has 0 N–H and O–H groups in total. The SMILES string of the molecule is CCCCCCCCCCCCCc1nnc(S(=O)(=O)C(Br)(Br)Br)n1-c1ccccc1.Cc1nnc(S(=O)(=O)C(Br)(Br)Br)n1-c1ccc(Cl)cc1.O=S(=O)(c1ncc(-c2ccccc2)n1-c1ccccc1)C(Br)(Br)Br. The number of alkyl halides is 9. The Bertz CT molecular complexity index is 3270. The zero-order chi connectivity index (χ0) is 55.2. The van der Waals surface area contributed by atoms with Crippen molar-refractivity contribution < 1.29 is 25.3 Å². The first-order valence-electron chi connectivity index (χ1n) is 23.1. The molecule has 3 aromatic heterocycles. The predicted molar refractivity (Wildman–Crippen MR) is 332 cm³/mol. The third-order valence-corrected chi connectivity index (χ3v) is 26.9. The van der Waals surface area contributed by atoms with Crippen molar-refractivity contribution in [3.8, 4) is 28.3 Å². The summed E-state index contributed by atoms with van der Waals surface area (Å²) in [7, 11) is -11.5. The van der Waals surface area contributed by atoms with E-state index in [2.05, 4.69) is 176 Å². The monoisotopic (exact) mass is 1680 g/mol. The lowest BCUT2D eigenvalue weighted by atomic mass is 10.1. The van der Waals surface area contributed by atoms with Crippen molar-refractivity contribution in [2.45, 2.75) is 111 Å². The Morgan fingerprint density at radius 3 is 1.31 bits per heavy atom. The van der Waals surface area contributed by atoms with E-state index in [0.717, 1.165) is 24.1 Å². The number of hydrogen-bond donors (Lipinski definition) is 0. The molecule has 0 aliphatic rings. The van der Waals surface area contributed by atoms with Gasteiger partial charge in [0.05, 0.1) is 11.9 Å². The van der Waals surface area contributed by atoms with Gasteiger partial charge in [0.2, 0.25) is 39.1 Å². The fourth-order valence-electron chi connectivity index (χ4n) is 7.30. The second-order valence-corrected chi connectivity index (χ2v) is 47.9. The van der Waals surface area contributed by atoms with E-state index in [9.17, 15) is 25.3 Å². The molecule has 3 heterocycles. The van der Waals surface area contributed by atoms with Crippen LogP contribution in [0.15, 0.2) is 137 Å². The van der Waals surface area contributed by atoms with Crippen LogP contribution < -0.4 is 0 Å². The Kier molecular flexibility index (Phi) is 25.0. The van der Waals surface area contributed by atoms with Crippen molar-refractivity contribution in [1.29, 1.82) is 0 Å². The van der Waals surface area contributed by atoms with Gasteiger partial charge in [0.15, 0.2) is 0 Å². The number of nitrogens with zero attached hydrogens (tertiary/aromatic N) is 8. The molecule has 0 fully saturated rings. The fourth-order valence-corrected chi connectivity index (χ4v) is 13.8. The molecule has 75 heavy (non-hydrogen) atoms. The van der Waals surface area contributed by atoms with Crippen LogP contribution in [0, 0.1) is 6.92 Å². The Morgan fingerprint density at radius 2 is 0.840 bits per heavy atom. The fraction of sp³-hybridized carbons (Fsp3) is 0.354. The van der Waals surface area contributed by atoms with Gasteiger partial charge in [0, 0.05) is 34.1 Å². The van der Waals surface area contributed by atoms with Gasteiger partial charge in [0.1, 0.15) is 11.6 Å². The number of sulfone groups is 3. The van der Waals surface area contributed by atoms with Gasteiger partial charge in [-0.1, -0.05) is 149 Å². The Balaban J connectivity index is 0.000000213. The number of hydrogen-bond acceptors (Lipinski definition) is 11. The van der Waals surface area contributed by atoms with Crippen molar-refractivity contribution in [2.24, 2.45) is 0 Å². The van der Waals surface area contributed by atoms with Crippen LogP contribution in [0.25, 0.3) is 28.3 Å². The lowest BCUT2D eigenvalue weighted by molar-refractivity contribution is 0.546. The lowest BCUT2D eigenvalue weighted by Gasteiger charge is -2.16. The van der Waals surface area contributed by atoms with Crippen LogP contribution in [0.2, 0.25) is 5.02 Å². The van der Waals surface area contributed by atoms with Gasteiger partial charge in [-0.2, -0.15) is 0 Å². The second kappa shape index (κ2) is 29.0. The molecule has 7 rings (SSSR count). The summed E-state index contributed by atoms with van der Waals surface area (Å²) in [5, 5.41) is 16.0. The van der Waals surface area contributed by atoms with Crippen molar-refractivity contribution in [1.82, 2.24) is 39.1 Å². The number of halogens is 10. The average molecular weight is 1690 g/mol. The van der Waals surface area contributed by atoms with Gasteiger partial charge in [-0.25, -0.2) is 30.2 Å². The smallest absolute Gasteiger partial charge is 0.257 e. The van der Waals surface area contributed by atoms with Gasteiger partial charge >= 0.3 is 0 Å². The topological polar surface area (TPSA) is 182 Å². The summed E-state index contributed by atoms with van der Waals surface area (Å²) in [6.07, 6.45) is 16.2. The highest BCUT2D eigenvalue weighted by atomic mass is 80.0. The lowest BCUT2D eigenvalue weighted by Crippen LogP contribution is -2.22. The molecule has 0 atom stereocenters. The molecule has 0 aliphatic heterocycles. The standard InChI is InChI=1S/C22H32Br3N3O2S.C16H11Br3N2O2S.C10H7Br3ClN3O2S/c1-2-3-4-5-6-7-8-9-10-11-15-18-20-26-27-21(31(29,30)22(23,24)25)28(20)19-16-13-12-14-17-19;17-16(18,19)24(22,23)15-20-11-14(12-7-3-1-4-8-12)21(15)13-9-5-2-6-10-13;1-6-15-16-9(20(18,19)10(11,12)13)17(6)8-4-2-7(14)3-5-8/h12-14,16-17H,2-11,15,18H2,1H3;1-11H;2-5H,1H3. The average Bonchev–Trinajstić information content (AvgIpc) is 4.12. The molecule has 0 bridgehead atoms. The zero-order valence-corrected chi connectivity index (χ0v) is 57.5. The van der Waals surface area contributed by atoms with Crippen LogP contribution in [-0.4, -0.2) is 68.8 Å².